The smallest absolute Gasteiger partial charge is 0.414 e. The van der Waals surface area contributed by atoms with Crippen LogP contribution in [0.2, 0.25) is 5.02 Å². The lowest BCUT2D eigenvalue weighted by Crippen LogP contribution is -2.36. The minimum atomic E-state index is -3.87. The number of hydrogen-bond acceptors (Lipinski definition) is 13. The molecule has 1 saturated carbocycles. The quantitative estimate of drug-likeness (QED) is 0.0615. The van der Waals surface area contributed by atoms with E-state index in [0.717, 1.165) is 12.8 Å². The summed E-state index contributed by atoms with van der Waals surface area (Å²) in [7, 11) is 0.193. The zero-order valence-corrected chi connectivity index (χ0v) is 33.7. The first-order chi connectivity index (χ1) is 27.2. The van der Waals surface area contributed by atoms with Crippen molar-refractivity contribution in [3.63, 3.8) is 0 Å². The fraction of sp³-hybridized carbons (Fsp3) is 0.342. The first-order valence-corrected chi connectivity index (χ1v) is 19.8. The molecular weight excluding hydrogens is 785 g/mol. The van der Waals surface area contributed by atoms with Gasteiger partial charge in [-0.2, -0.15) is 0 Å². The molecule has 19 heteroatoms. The van der Waals surface area contributed by atoms with Crippen molar-refractivity contribution < 1.29 is 56.7 Å². The molecule has 0 bridgehead atoms. The number of benzene rings is 3. The summed E-state index contributed by atoms with van der Waals surface area (Å²) >= 11 is 6.43. The summed E-state index contributed by atoms with van der Waals surface area (Å²) in [6.45, 7) is 4.51. The molecule has 17 nitrogen and oxygen atoms in total. The Kier molecular flexibility index (Phi) is 14.2. The zero-order chi connectivity index (χ0) is 41.3. The lowest BCUT2D eigenvalue weighted by molar-refractivity contribution is -0.149. The third-order valence-electron chi connectivity index (χ3n) is 8.05. The number of methoxy groups -OCH3 is 3. The van der Waals surface area contributed by atoms with Crippen molar-refractivity contribution in [2.75, 3.05) is 33.0 Å². The number of hydrogen-bond donors (Lipinski definition) is 4. The maximum absolute atomic E-state index is 13.7. The monoisotopic (exact) mass is 827 g/mol. The highest BCUT2D eigenvalue weighted by atomic mass is 35.5. The van der Waals surface area contributed by atoms with Crippen molar-refractivity contribution >= 4 is 59.7 Å². The summed E-state index contributed by atoms with van der Waals surface area (Å²) in [6, 6.07) is 12.7. The van der Waals surface area contributed by atoms with Crippen LogP contribution in [0.5, 0.6) is 28.7 Å². The van der Waals surface area contributed by atoms with Crippen molar-refractivity contribution in [3.05, 3.63) is 76.9 Å². The number of pyridine rings is 1. The Balaban J connectivity index is 1.26. The van der Waals surface area contributed by atoms with Gasteiger partial charge in [0.05, 0.1) is 42.1 Å². The van der Waals surface area contributed by atoms with E-state index < -0.39 is 37.9 Å². The van der Waals surface area contributed by atoms with E-state index in [2.05, 4.69) is 26.0 Å². The minimum absolute atomic E-state index is 0.00563. The molecule has 1 aliphatic rings. The molecule has 1 aromatic heterocycles. The van der Waals surface area contributed by atoms with Gasteiger partial charge in [-0.1, -0.05) is 17.7 Å². The molecule has 0 spiro atoms. The maximum Gasteiger partial charge on any atom is 0.414 e. The highest BCUT2D eigenvalue weighted by Gasteiger charge is 2.32. The molecule has 57 heavy (non-hydrogen) atoms. The first-order valence-electron chi connectivity index (χ1n) is 17.6. The number of anilines is 1. The number of nitrogens with one attached hydrogen (secondary N) is 4. The molecule has 4 aromatic rings. The van der Waals surface area contributed by atoms with Gasteiger partial charge in [0.25, 0.3) is 5.91 Å². The van der Waals surface area contributed by atoms with Crippen LogP contribution in [0.3, 0.4) is 0 Å². The van der Waals surface area contributed by atoms with Crippen LogP contribution in [0.25, 0.3) is 10.9 Å². The second-order valence-electron chi connectivity index (χ2n) is 13.0. The SMILES string of the molecule is COCP(=O)(N[C@@H](C)C(=O)OC(C)C)Oc1cc(COC(=O)NC(=O)c2cc3c(Oc4ccc(NC(=O)NC5CC5)c(Cl)c4)ccnc3cc2OC)ccc1OC. The molecule has 3 aromatic carbocycles. The third kappa shape index (κ3) is 11.7. The van der Waals surface area contributed by atoms with E-state index in [1.54, 1.807) is 38.1 Å². The number of imide groups is 1. The number of esters is 1. The van der Waals surface area contributed by atoms with Crippen LogP contribution in [0, 0.1) is 0 Å². The van der Waals surface area contributed by atoms with Crippen molar-refractivity contribution in [2.45, 2.75) is 58.4 Å². The Morgan fingerprint density at radius 1 is 0.912 bits per heavy atom. The topological polar surface area (TPSA) is 211 Å². The number of aromatic nitrogens is 1. The molecule has 5 rings (SSSR count). The van der Waals surface area contributed by atoms with Crippen LogP contribution in [0.1, 0.15) is 49.5 Å². The fourth-order valence-electron chi connectivity index (χ4n) is 5.27. The van der Waals surface area contributed by atoms with E-state index in [1.807, 2.05) is 0 Å². The van der Waals surface area contributed by atoms with Gasteiger partial charge >= 0.3 is 25.6 Å². The number of nitrogens with zero attached hydrogens (tertiary/aromatic N) is 1. The number of carbonyl (C=O) groups is 4. The van der Waals surface area contributed by atoms with Gasteiger partial charge in [0, 0.05) is 36.9 Å². The Hall–Kier alpha value is -5.61. The summed E-state index contributed by atoms with van der Waals surface area (Å²) in [5.74, 6) is -0.493. The van der Waals surface area contributed by atoms with Gasteiger partial charge in [0.15, 0.2) is 11.5 Å². The summed E-state index contributed by atoms with van der Waals surface area (Å²) in [6.07, 6.45) is 1.53. The van der Waals surface area contributed by atoms with Crippen molar-refractivity contribution in [2.24, 2.45) is 0 Å². The van der Waals surface area contributed by atoms with Crippen LogP contribution in [0.4, 0.5) is 15.3 Å². The molecule has 0 radical (unpaired) electrons. The molecule has 1 unspecified atom stereocenters. The number of halogens is 1. The third-order valence-corrected chi connectivity index (χ3v) is 10.2. The van der Waals surface area contributed by atoms with Crippen LogP contribution in [-0.4, -0.2) is 74.8 Å². The van der Waals surface area contributed by atoms with Crippen molar-refractivity contribution in [1.29, 1.82) is 0 Å². The minimum Gasteiger partial charge on any atom is -0.496 e. The molecule has 1 aliphatic carbocycles. The van der Waals surface area contributed by atoms with Gasteiger partial charge in [-0.15, -0.1) is 0 Å². The number of fused-ring (bicyclic) bond motifs is 1. The zero-order valence-electron chi connectivity index (χ0n) is 32.0. The molecule has 4 amide bonds. The molecular formula is C38H43ClN5O12P. The molecule has 2 atom stereocenters. The van der Waals surface area contributed by atoms with Gasteiger partial charge in [-0.05, 0) is 75.6 Å². The molecule has 304 valence electrons. The summed E-state index contributed by atoms with van der Waals surface area (Å²) in [4.78, 5) is 55.2. The number of urea groups is 1. The van der Waals surface area contributed by atoms with E-state index >= 15 is 0 Å². The highest BCUT2D eigenvalue weighted by Crippen LogP contribution is 2.47. The number of amides is 4. The second kappa shape index (κ2) is 19.0. The van der Waals surface area contributed by atoms with Gasteiger partial charge in [-0.3, -0.25) is 24.5 Å². The fourth-order valence-corrected chi connectivity index (χ4v) is 7.16. The lowest BCUT2D eigenvalue weighted by Gasteiger charge is -2.24. The Morgan fingerprint density at radius 2 is 1.67 bits per heavy atom. The number of alkyl carbamates (subject to hydrolysis) is 1. The Bertz CT molecular complexity index is 2180. The van der Waals surface area contributed by atoms with E-state index in [4.69, 9.17) is 44.5 Å². The summed E-state index contributed by atoms with van der Waals surface area (Å²) in [5, 5.41) is 11.1. The lowest BCUT2D eigenvalue weighted by atomic mass is 10.1. The number of ether oxygens (including phenoxy) is 6. The summed E-state index contributed by atoms with van der Waals surface area (Å²) < 4.78 is 52.1. The molecule has 4 N–H and O–H groups in total. The normalized spacial score (nSPS) is 13.8. The van der Waals surface area contributed by atoms with Gasteiger partial charge in [-0.25, -0.2) is 14.7 Å². The predicted molar refractivity (Wildman–Crippen MR) is 210 cm³/mol. The van der Waals surface area contributed by atoms with Crippen molar-refractivity contribution in [1.82, 2.24) is 20.7 Å². The van der Waals surface area contributed by atoms with E-state index in [9.17, 15) is 23.7 Å². The van der Waals surface area contributed by atoms with Crippen molar-refractivity contribution in [3.8, 4) is 28.7 Å². The van der Waals surface area contributed by atoms with Crippen LogP contribution in [0.15, 0.2) is 60.8 Å². The molecule has 1 fully saturated rings. The van der Waals surface area contributed by atoms with Crippen LogP contribution in [-0.2, 0) is 30.2 Å². The maximum atomic E-state index is 13.7. The van der Waals surface area contributed by atoms with E-state index in [-0.39, 0.29) is 52.6 Å². The second-order valence-corrected chi connectivity index (χ2v) is 15.5. The first kappa shape index (κ1) is 42.5. The molecule has 0 saturated heterocycles. The highest BCUT2D eigenvalue weighted by molar-refractivity contribution is 7.57. The molecule has 0 aliphatic heterocycles. The van der Waals surface area contributed by atoms with E-state index in [0.29, 0.717) is 33.7 Å². The number of rotatable bonds is 17. The average molecular weight is 828 g/mol. The molecule has 1 heterocycles. The van der Waals surface area contributed by atoms with E-state index in [1.165, 1.54) is 64.8 Å². The Labute approximate surface area is 333 Å². The van der Waals surface area contributed by atoms with Gasteiger partial charge < -0.3 is 43.6 Å². The average Bonchev–Trinajstić information content (AvgIpc) is 3.98. The summed E-state index contributed by atoms with van der Waals surface area (Å²) in [5.41, 5.74) is 1.19. The van der Waals surface area contributed by atoms with Gasteiger partial charge in [0.1, 0.15) is 36.2 Å². The number of carbonyl (C=O) groups excluding carboxylic acids is 4. The predicted octanol–water partition coefficient (Wildman–Crippen LogP) is 7.15. The van der Waals surface area contributed by atoms with Gasteiger partial charge in [0.2, 0.25) is 0 Å². The largest absolute Gasteiger partial charge is 0.496 e. The standard InChI is InChI=1S/C38H43ClN5O12P/c1-21(2)54-36(46)22(3)44-57(49,20-50-4)56-34-15-23(7-12-32(34)51-5)19-53-38(48)43-35(45)27-17-26-30(18-33(27)52-6)40-14-13-31(26)55-25-10-11-29(28(39)16-25)42-37(47)41-24-8-9-24/h7,10-18,21-22,24H,8-9,19-20H2,1-6H3,(H,44,49)(H2,41,42,47)(H,43,45,48)/t22-,57?/m0/s1. The van der Waals surface area contributed by atoms with Crippen LogP contribution >= 0.6 is 19.1 Å². The Morgan fingerprint density at radius 3 is 2.33 bits per heavy atom. The van der Waals surface area contributed by atoms with Crippen LogP contribution < -0.4 is 39.8 Å².